The molecule has 0 spiro atoms. The lowest BCUT2D eigenvalue weighted by atomic mass is 10.0. The Morgan fingerprint density at radius 1 is 1.13 bits per heavy atom. The highest BCUT2D eigenvalue weighted by Crippen LogP contribution is 2.32. The number of carboxylic acid groups (broad SMARTS) is 2. The minimum atomic E-state index is -1.09. The maximum Gasteiger partial charge on any atom is 0.323 e. The van der Waals surface area contributed by atoms with Gasteiger partial charge in [-0.2, -0.15) is 11.8 Å². The van der Waals surface area contributed by atoms with Crippen LogP contribution in [-0.2, 0) is 20.8 Å². The molecule has 1 fully saturated rings. The van der Waals surface area contributed by atoms with E-state index in [-0.39, 0.29) is 11.9 Å². The van der Waals surface area contributed by atoms with Gasteiger partial charge in [-0.3, -0.25) is 19.7 Å². The lowest BCUT2D eigenvalue weighted by molar-refractivity contribution is -0.147. The van der Waals surface area contributed by atoms with Gasteiger partial charge < -0.3 is 15.1 Å². The number of carbonyl (C=O) groups is 3. The Kier molecular flexibility index (Phi) is 7.89. The molecule has 0 bridgehead atoms. The predicted octanol–water partition coefficient (Wildman–Crippen LogP) is 2.49. The van der Waals surface area contributed by atoms with Crippen molar-refractivity contribution in [2.24, 2.45) is 0 Å². The summed E-state index contributed by atoms with van der Waals surface area (Å²) in [7, 11) is 0. The molecule has 1 saturated heterocycles. The van der Waals surface area contributed by atoms with E-state index in [0.29, 0.717) is 24.3 Å². The molecular formula is C21H24N2O5S2. The van der Waals surface area contributed by atoms with E-state index in [1.165, 1.54) is 28.0 Å². The highest BCUT2D eigenvalue weighted by molar-refractivity contribution is 7.99. The zero-order valence-electron chi connectivity index (χ0n) is 16.3. The van der Waals surface area contributed by atoms with Gasteiger partial charge in [-0.1, -0.05) is 36.4 Å². The van der Waals surface area contributed by atoms with E-state index in [1.807, 2.05) is 47.8 Å². The fourth-order valence-corrected chi connectivity index (χ4v) is 5.60. The van der Waals surface area contributed by atoms with Crippen LogP contribution in [0.3, 0.4) is 0 Å². The topological polar surface area (TPSA) is 107 Å². The number of rotatable bonds is 9. The minimum Gasteiger partial charge on any atom is -0.480 e. The van der Waals surface area contributed by atoms with Gasteiger partial charge in [0.25, 0.3) is 0 Å². The maximum absolute atomic E-state index is 13.2. The molecule has 3 atom stereocenters. The highest BCUT2D eigenvalue weighted by atomic mass is 32.2. The Morgan fingerprint density at radius 3 is 2.53 bits per heavy atom. The van der Waals surface area contributed by atoms with E-state index in [4.69, 9.17) is 0 Å². The molecule has 2 aromatic rings. The highest BCUT2D eigenvalue weighted by Gasteiger charge is 2.37. The molecule has 3 N–H and O–H groups in total. The number of carbonyl (C=O) groups excluding carboxylic acids is 1. The fourth-order valence-electron chi connectivity index (χ4n) is 3.46. The number of amides is 1. The van der Waals surface area contributed by atoms with Crippen molar-refractivity contribution >= 4 is 40.9 Å². The van der Waals surface area contributed by atoms with E-state index >= 15 is 0 Å². The first-order chi connectivity index (χ1) is 14.5. The minimum absolute atomic E-state index is 0.334. The second-order valence-corrected chi connectivity index (χ2v) is 9.12. The van der Waals surface area contributed by atoms with E-state index < -0.39 is 30.6 Å². The summed E-state index contributed by atoms with van der Waals surface area (Å²) in [6.45, 7) is -0.415. The summed E-state index contributed by atoms with van der Waals surface area (Å²) in [5.41, 5.74) is 1.03. The third-order valence-corrected chi connectivity index (χ3v) is 7.05. The van der Waals surface area contributed by atoms with Crippen molar-refractivity contribution in [3.8, 4) is 0 Å². The number of hydrogen-bond acceptors (Lipinski definition) is 6. The first kappa shape index (κ1) is 22.3. The molecule has 0 saturated carbocycles. The second kappa shape index (κ2) is 10.6. The monoisotopic (exact) mass is 448 g/mol. The molecule has 1 aromatic carbocycles. The van der Waals surface area contributed by atoms with Crippen molar-refractivity contribution in [1.82, 2.24) is 10.2 Å². The Morgan fingerprint density at radius 2 is 1.90 bits per heavy atom. The maximum atomic E-state index is 13.2. The molecule has 30 heavy (non-hydrogen) atoms. The Labute approximate surface area is 183 Å². The molecule has 1 aromatic heterocycles. The van der Waals surface area contributed by atoms with Gasteiger partial charge in [0.05, 0.1) is 12.1 Å². The standard InChI is InChI=1S/C21H24N2O5S2/c24-19(25)11-23-17(18-7-4-10-30-18)13-29-12-16(20(23)26)22-15(21(27)28)9-8-14-5-2-1-3-6-14/h1-7,10,15-17,22H,8-9,11-13H2,(H,24,25)(H,27,28). The van der Waals surface area contributed by atoms with Crippen molar-refractivity contribution in [2.75, 3.05) is 18.1 Å². The molecule has 3 unspecified atom stereocenters. The van der Waals surface area contributed by atoms with Gasteiger partial charge in [-0.05, 0) is 29.9 Å². The van der Waals surface area contributed by atoms with Crippen molar-refractivity contribution < 1.29 is 24.6 Å². The lowest BCUT2D eigenvalue weighted by Gasteiger charge is -2.30. The molecule has 7 nitrogen and oxygen atoms in total. The molecule has 160 valence electrons. The Balaban J connectivity index is 1.73. The molecule has 9 heteroatoms. The van der Waals surface area contributed by atoms with Crippen molar-refractivity contribution in [2.45, 2.75) is 31.0 Å². The van der Waals surface area contributed by atoms with Gasteiger partial charge >= 0.3 is 11.9 Å². The van der Waals surface area contributed by atoms with Crippen LogP contribution in [0.2, 0.25) is 0 Å². The molecule has 2 heterocycles. The zero-order chi connectivity index (χ0) is 21.5. The van der Waals surface area contributed by atoms with Crippen LogP contribution in [0, 0.1) is 0 Å². The molecule has 1 amide bonds. The molecular weight excluding hydrogens is 424 g/mol. The molecule has 1 aliphatic heterocycles. The normalized spacial score (nSPS) is 20.5. The molecule has 1 aliphatic rings. The molecule has 0 aliphatic carbocycles. The SMILES string of the molecule is O=C(O)CN1C(=O)C(NC(CCc2ccccc2)C(=O)O)CSCC1c1cccs1. The number of aliphatic carboxylic acids is 2. The summed E-state index contributed by atoms with van der Waals surface area (Å²) in [6, 6.07) is 11.4. The fraction of sp³-hybridized carbons (Fsp3) is 0.381. The summed E-state index contributed by atoms with van der Waals surface area (Å²) < 4.78 is 0. The van der Waals surface area contributed by atoms with Gasteiger partial charge in [0.2, 0.25) is 5.91 Å². The van der Waals surface area contributed by atoms with Crippen LogP contribution in [0.25, 0.3) is 0 Å². The first-order valence-electron chi connectivity index (χ1n) is 9.62. The summed E-state index contributed by atoms with van der Waals surface area (Å²) in [6.07, 6.45) is 0.899. The van der Waals surface area contributed by atoms with Gasteiger partial charge in [0.1, 0.15) is 12.6 Å². The average molecular weight is 449 g/mol. The third kappa shape index (κ3) is 5.84. The molecule has 0 radical (unpaired) electrons. The third-order valence-electron chi connectivity index (χ3n) is 4.96. The van der Waals surface area contributed by atoms with Crippen molar-refractivity contribution in [3.05, 3.63) is 58.3 Å². The average Bonchev–Trinajstić information content (AvgIpc) is 3.21. The van der Waals surface area contributed by atoms with E-state index in [9.17, 15) is 24.6 Å². The van der Waals surface area contributed by atoms with Gasteiger partial charge in [0.15, 0.2) is 0 Å². The van der Waals surface area contributed by atoms with Crippen LogP contribution in [-0.4, -0.2) is 63.1 Å². The van der Waals surface area contributed by atoms with Crippen LogP contribution in [0.1, 0.15) is 22.9 Å². The number of nitrogens with zero attached hydrogens (tertiary/aromatic N) is 1. The smallest absolute Gasteiger partial charge is 0.323 e. The Bertz CT molecular complexity index is 860. The zero-order valence-corrected chi connectivity index (χ0v) is 17.9. The van der Waals surface area contributed by atoms with Gasteiger partial charge in [-0.25, -0.2) is 0 Å². The van der Waals surface area contributed by atoms with E-state index in [2.05, 4.69) is 5.32 Å². The van der Waals surface area contributed by atoms with Crippen LogP contribution in [0.15, 0.2) is 47.8 Å². The quantitative estimate of drug-likeness (QED) is 0.541. The number of carboxylic acids is 2. The number of thioether (sulfide) groups is 1. The number of benzene rings is 1. The van der Waals surface area contributed by atoms with Crippen LogP contribution >= 0.6 is 23.1 Å². The van der Waals surface area contributed by atoms with E-state index in [0.717, 1.165) is 10.4 Å². The van der Waals surface area contributed by atoms with Gasteiger partial charge in [0, 0.05) is 16.4 Å². The van der Waals surface area contributed by atoms with Crippen LogP contribution in [0.5, 0.6) is 0 Å². The first-order valence-corrected chi connectivity index (χ1v) is 11.7. The number of hydrogen-bond donors (Lipinski definition) is 3. The van der Waals surface area contributed by atoms with Crippen molar-refractivity contribution in [3.63, 3.8) is 0 Å². The molecule has 3 rings (SSSR count). The van der Waals surface area contributed by atoms with E-state index in [1.54, 1.807) is 0 Å². The largest absolute Gasteiger partial charge is 0.480 e. The summed E-state index contributed by atoms with van der Waals surface area (Å²) in [5.74, 6) is -1.51. The number of thiophene rings is 1. The van der Waals surface area contributed by atoms with Crippen LogP contribution < -0.4 is 5.32 Å². The number of nitrogens with one attached hydrogen (secondary N) is 1. The number of aryl methyl sites for hydroxylation is 1. The summed E-state index contributed by atoms with van der Waals surface area (Å²) in [5, 5.41) is 23.9. The van der Waals surface area contributed by atoms with Crippen molar-refractivity contribution in [1.29, 1.82) is 0 Å². The summed E-state index contributed by atoms with van der Waals surface area (Å²) >= 11 is 3.01. The second-order valence-electron chi connectivity index (χ2n) is 7.06. The van der Waals surface area contributed by atoms with Crippen LogP contribution in [0.4, 0.5) is 0 Å². The lowest BCUT2D eigenvalue weighted by Crippen LogP contribution is -2.53. The predicted molar refractivity (Wildman–Crippen MR) is 117 cm³/mol. The van der Waals surface area contributed by atoms with Gasteiger partial charge in [-0.15, -0.1) is 11.3 Å². The summed E-state index contributed by atoms with van der Waals surface area (Å²) in [4.78, 5) is 38.7. The Hall–Kier alpha value is -2.36.